The Kier molecular flexibility index (Phi) is 5.96. The summed E-state index contributed by atoms with van der Waals surface area (Å²) in [5.41, 5.74) is 7.27. The van der Waals surface area contributed by atoms with Gasteiger partial charge in [-0.3, -0.25) is 10.3 Å². The van der Waals surface area contributed by atoms with E-state index in [1.165, 1.54) is 32.7 Å². The van der Waals surface area contributed by atoms with Gasteiger partial charge in [0.25, 0.3) is 0 Å². The summed E-state index contributed by atoms with van der Waals surface area (Å²) in [5.74, 6) is 0.821. The number of hydrogen-bond donors (Lipinski definition) is 2. The molecule has 2 atom stereocenters. The molecule has 1 aliphatic rings. The summed E-state index contributed by atoms with van der Waals surface area (Å²) in [6, 6.07) is 47.1. The molecule has 8 aromatic rings. The maximum Gasteiger partial charge on any atom is 0.153 e. The first-order valence-corrected chi connectivity index (χ1v) is 15.2. The van der Waals surface area contributed by atoms with E-state index in [2.05, 4.69) is 131 Å². The lowest BCUT2D eigenvalue weighted by atomic mass is 9.98. The summed E-state index contributed by atoms with van der Waals surface area (Å²) < 4.78 is 6.18. The second-order valence-electron chi connectivity index (χ2n) is 11.6. The van der Waals surface area contributed by atoms with E-state index in [0.717, 1.165) is 44.5 Å². The minimum absolute atomic E-state index is 0.178. The number of furan rings is 1. The van der Waals surface area contributed by atoms with Crippen LogP contribution in [0.2, 0.25) is 0 Å². The van der Waals surface area contributed by atoms with Crippen LogP contribution in [-0.4, -0.2) is 10.8 Å². The van der Waals surface area contributed by atoms with Crippen molar-refractivity contribution >= 4 is 49.3 Å². The molecule has 0 spiro atoms. The third-order valence-corrected chi connectivity index (χ3v) is 8.81. The van der Waals surface area contributed by atoms with Crippen molar-refractivity contribution < 1.29 is 4.42 Å². The van der Waals surface area contributed by atoms with Crippen LogP contribution in [0.3, 0.4) is 0 Å². The van der Waals surface area contributed by atoms with E-state index >= 15 is 0 Å². The lowest BCUT2D eigenvalue weighted by molar-refractivity contribution is 0.409. The first-order chi connectivity index (χ1) is 22.3. The summed E-state index contributed by atoms with van der Waals surface area (Å²) in [4.78, 5) is 9.56. The highest BCUT2D eigenvalue weighted by molar-refractivity contribution is 6.18. The number of nitrogens with one attached hydrogen (secondary N) is 2. The zero-order valence-electron chi connectivity index (χ0n) is 24.3. The van der Waals surface area contributed by atoms with Crippen molar-refractivity contribution in [3.63, 3.8) is 0 Å². The lowest BCUT2D eigenvalue weighted by Crippen LogP contribution is -2.45. The number of hydrogen-bond acceptors (Lipinski definition) is 5. The normalized spacial score (nSPS) is 16.7. The quantitative estimate of drug-likeness (QED) is 0.218. The average molecular weight is 581 g/mol. The molecule has 1 aliphatic heterocycles. The predicted molar refractivity (Wildman–Crippen MR) is 183 cm³/mol. The number of nitrogens with zero attached hydrogens (tertiary/aromatic N) is 2. The van der Waals surface area contributed by atoms with E-state index in [0.29, 0.717) is 0 Å². The third-order valence-electron chi connectivity index (χ3n) is 8.81. The van der Waals surface area contributed by atoms with E-state index in [1.807, 2.05) is 24.4 Å². The zero-order valence-corrected chi connectivity index (χ0v) is 24.3. The maximum absolute atomic E-state index is 6.18. The minimum Gasteiger partial charge on any atom is -0.454 e. The predicted octanol–water partition coefficient (Wildman–Crippen LogP) is 9.29. The fourth-order valence-electron chi connectivity index (χ4n) is 6.55. The number of aliphatic imine (C=N–C) groups is 1. The smallest absolute Gasteiger partial charge is 0.153 e. The largest absolute Gasteiger partial charge is 0.454 e. The van der Waals surface area contributed by atoms with Gasteiger partial charge >= 0.3 is 0 Å². The molecule has 5 heteroatoms. The fourth-order valence-corrected chi connectivity index (χ4v) is 6.55. The van der Waals surface area contributed by atoms with Gasteiger partial charge < -0.3 is 9.73 Å². The Morgan fingerprint density at radius 3 is 2.27 bits per heavy atom. The Hall–Kier alpha value is -5.78. The van der Waals surface area contributed by atoms with E-state index in [-0.39, 0.29) is 12.3 Å². The topological polar surface area (TPSA) is 62.5 Å². The van der Waals surface area contributed by atoms with Crippen LogP contribution in [0.1, 0.15) is 29.0 Å². The third kappa shape index (κ3) is 4.53. The number of benzene rings is 6. The number of amidine groups is 1. The Balaban J connectivity index is 1.16. The highest BCUT2D eigenvalue weighted by Gasteiger charge is 2.27. The molecule has 6 aromatic carbocycles. The molecular weight excluding hydrogens is 552 g/mol. The minimum atomic E-state index is -0.262. The van der Waals surface area contributed by atoms with Crippen LogP contribution in [0.4, 0.5) is 0 Å². The molecule has 2 aromatic heterocycles. The number of rotatable bonds is 4. The van der Waals surface area contributed by atoms with Crippen LogP contribution < -0.4 is 10.6 Å². The standard InChI is InChI=1S/C40H28N4O/c1-2-7-25(8-3-1)28-14-15-30-23-32(18-16-29(30)21-28)39-42-38(31-17-13-26-9-4-5-10-27(26)22-31)43-40(44-39)34-11-6-12-35-37(34)33-19-20-41-24-36(33)45-35/h1-24,38-39,42H,(H,43,44). The Bertz CT molecular complexity index is 2410. The van der Waals surface area contributed by atoms with Crippen molar-refractivity contribution in [3.05, 3.63) is 163 Å². The molecule has 3 heterocycles. The Labute approximate surface area is 259 Å². The van der Waals surface area contributed by atoms with E-state index < -0.39 is 0 Å². The average Bonchev–Trinajstić information content (AvgIpc) is 3.50. The number of pyridine rings is 1. The van der Waals surface area contributed by atoms with Gasteiger partial charge in [-0.1, -0.05) is 103 Å². The summed E-state index contributed by atoms with van der Waals surface area (Å²) in [7, 11) is 0. The van der Waals surface area contributed by atoms with Gasteiger partial charge in [-0.2, -0.15) is 0 Å². The van der Waals surface area contributed by atoms with Gasteiger partial charge in [0.15, 0.2) is 5.58 Å². The van der Waals surface area contributed by atoms with Crippen LogP contribution in [-0.2, 0) is 0 Å². The molecule has 9 rings (SSSR count). The maximum atomic E-state index is 6.18. The monoisotopic (exact) mass is 580 g/mol. The van der Waals surface area contributed by atoms with Crippen LogP contribution in [0, 0.1) is 0 Å². The fraction of sp³-hybridized carbons (Fsp3) is 0.0500. The molecule has 45 heavy (non-hydrogen) atoms. The van der Waals surface area contributed by atoms with Crippen molar-refractivity contribution in [2.24, 2.45) is 4.99 Å². The van der Waals surface area contributed by atoms with Gasteiger partial charge in [-0.25, -0.2) is 4.99 Å². The molecule has 5 nitrogen and oxygen atoms in total. The molecule has 0 fully saturated rings. The molecule has 0 saturated carbocycles. The molecular formula is C40H28N4O. The molecule has 214 valence electrons. The van der Waals surface area contributed by atoms with Crippen LogP contribution in [0.15, 0.2) is 155 Å². The molecule has 0 radical (unpaired) electrons. The van der Waals surface area contributed by atoms with Crippen molar-refractivity contribution in [1.82, 2.24) is 15.6 Å². The molecule has 2 N–H and O–H groups in total. The molecule has 0 amide bonds. The van der Waals surface area contributed by atoms with Gasteiger partial charge in [0, 0.05) is 22.5 Å². The van der Waals surface area contributed by atoms with Crippen molar-refractivity contribution in [1.29, 1.82) is 0 Å². The van der Waals surface area contributed by atoms with Gasteiger partial charge in [-0.15, -0.1) is 0 Å². The van der Waals surface area contributed by atoms with Crippen LogP contribution in [0.25, 0.3) is 54.6 Å². The summed E-state index contributed by atoms with van der Waals surface area (Å²) in [5, 5.41) is 14.4. The molecule has 0 saturated heterocycles. The first-order valence-electron chi connectivity index (χ1n) is 15.2. The SMILES string of the molecule is c1ccc(-c2ccc3cc(C4NC(c5cccc6oc7cnccc7c56)=NC(c5ccc6ccccc6c5)N4)ccc3c2)cc1. The van der Waals surface area contributed by atoms with Gasteiger partial charge in [0.1, 0.15) is 23.8 Å². The van der Waals surface area contributed by atoms with E-state index in [1.54, 1.807) is 6.20 Å². The lowest BCUT2D eigenvalue weighted by Gasteiger charge is -2.32. The van der Waals surface area contributed by atoms with E-state index in [9.17, 15) is 0 Å². The molecule has 0 bridgehead atoms. The zero-order chi connectivity index (χ0) is 29.7. The molecule has 2 unspecified atom stereocenters. The van der Waals surface area contributed by atoms with Gasteiger partial charge in [0.05, 0.1) is 6.20 Å². The highest BCUT2D eigenvalue weighted by Crippen LogP contribution is 2.34. The van der Waals surface area contributed by atoms with Crippen molar-refractivity contribution in [2.45, 2.75) is 12.3 Å². The van der Waals surface area contributed by atoms with Crippen LogP contribution in [0.5, 0.6) is 0 Å². The number of aromatic nitrogens is 1. The molecule has 0 aliphatic carbocycles. The Morgan fingerprint density at radius 1 is 0.578 bits per heavy atom. The van der Waals surface area contributed by atoms with Gasteiger partial charge in [-0.05, 0) is 74.1 Å². The Morgan fingerprint density at radius 2 is 1.33 bits per heavy atom. The van der Waals surface area contributed by atoms with Crippen molar-refractivity contribution in [2.75, 3.05) is 0 Å². The van der Waals surface area contributed by atoms with E-state index in [4.69, 9.17) is 9.41 Å². The van der Waals surface area contributed by atoms with Crippen molar-refractivity contribution in [3.8, 4) is 11.1 Å². The van der Waals surface area contributed by atoms with Gasteiger partial charge in [0.2, 0.25) is 0 Å². The summed E-state index contributed by atoms with van der Waals surface area (Å²) in [6.45, 7) is 0. The number of fused-ring (bicyclic) bond motifs is 5. The first kappa shape index (κ1) is 25.7. The second-order valence-corrected chi connectivity index (χ2v) is 11.6. The second kappa shape index (κ2) is 10.4. The summed E-state index contributed by atoms with van der Waals surface area (Å²) in [6.07, 6.45) is 3.14. The van der Waals surface area contributed by atoms with Crippen LogP contribution >= 0.6 is 0 Å². The highest BCUT2D eigenvalue weighted by atomic mass is 16.3. The summed E-state index contributed by atoms with van der Waals surface area (Å²) >= 11 is 0.